The lowest BCUT2D eigenvalue weighted by atomic mass is 9.93. The van der Waals surface area contributed by atoms with Gasteiger partial charge in [0.25, 0.3) is 10.2 Å². The van der Waals surface area contributed by atoms with Crippen molar-refractivity contribution in [1.29, 1.82) is 0 Å². The molecule has 6 nitrogen and oxygen atoms in total. The molecule has 0 spiro atoms. The molecule has 92 valence electrons. The first-order valence-corrected chi connectivity index (χ1v) is 6.90. The number of carboxylic acids is 1. The van der Waals surface area contributed by atoms with Crippen molar-refractivity contribution in [3.63, 3.8) is 0 Å². The van der Waals surface area contributed by atoms with Gasteiger partial charge in [-0.3, -0.25) is 4.79 Å². The van der Waals surface area contributed by atoms with E-state index in [9.17, 15) is 13.2 Å². The Morgan fingerprint density at radius 2 is 2.00 bits per heavy atom. The van der Waals surface area contributed by atoms with Gasteiger partial charge in [0.15, 0.2) is 0 Å². The molecule has 0 aromatic carbocycles. The average Bonchev–Trinajstić information content (AvgIpc) is 2.37. The highest BCUT2D eigenvalue weighted by molar-refractivity contribution is 7.87. The van der Waals surface area contributed by atoms with Crippen LogP contribution in [0.25, 0.3) is 0 Å². The number of aliphatic carboxylic acids is 1. The van der Waals surface area contributed by atoms with E-state index in [1.165, 1.54) is 8.61 Å². The lowest BCUT2D eigenvalue weighted by Crippen LogP contribution is -2.43. The summed E-state index contributed by atoms with van der Waals surface area (Å²) in [5.41, 5.74) is 0. The third kappa shape index (κ3) is 2.07. The zero-order valence-corrected chi connectivity index (χ0v) is 9.82. The predicted octanol–water partition coefficient (Wildman–Crippen LogP) is -0.124. The summed E-state index contributed by atoms with van der Waals surface area (Å²) >= 11 is 0. The summed E-state index contributed by atoms with van der Waals surface area (Å²) in [6.07, 6.45) is 2.83. The van der Waals surface area contributed by atoms with Crippen molar-refractivity contribution in [2.75, 3.05) is 19.6 Å². The van der Waals surface area contributed by atoms with Gasteiger partial charge in [-0.25, -0.2) is 0 Å². The molecular weight excluding hydrogens is 232 g/mol. The number of rotatable bonds is 4. The first kappa shape index (κ1) is 11.8. The standard InChI is InChI=1S/C9H16N2O4S/c12-9(13)4-5-10-6-7-11(16(10,14)15)8-2-1-3-8/h8H,1-7H2,(H,12,13). The van der Waals surface area contributed by atoms with Crippen LogP contribution in [0.15, 0.2) is 0 Å². The molecule has 1 heterocycles. The molecule has 0 atom stereocenters. The Labute approximate surface area is 95.0 Å². The van der Waals surface area contributed by atoms with Gasteiger partial charge < -0.3 is 5.11 Å². The van der Waals surface area contributed by atoms with E-state index in [1.54, 1.807) is 0 Å². The molecule has 2 aliphatic rings. The van der Waals surface area contributed by atoms with Crippen LogP contribution >= 0.6 is 0 Å². The van der Waals surface area contributed by atoms with Crippen LogP contribution in [0.2, 0.25) is 0 Å². The van der Waals surface area contributed by atoms with E-state index in [2.05, 4.69) is 0 Å². The Balaban J connectivity index is 1.99. The van der Waals surface area contributed by atoms with Crippen molar-refractivity contribution in [3.8, 4) is 0 Å². The summed E-state index contributed by atoms with van der Waals surface area (Å²) in [5, 5.41) is 8.54. The molecular formula is C9H16N2O4S. The van der Waals surface area contributed by atoms with Crippen molar-refractivity contribution in [2.24, 2.45) is 0 Å². The molecule has 1 saturated carbocycles. The summed E-state index contributed by atoms with van der Waals surface area (Å²) in [5.74, 6) is -0.961. The van der Waals surface area contributed by atoms with Crippen LogP contribution < -0.4 is 0 Å². The number of carboxylic acid groups (broad SMARTS) is 1. The SMILES string of the molecule is O=C(O)CCN1CCN(C2CCC2)S1(=O)=O. The molecule has 2 fully saturated rings. The van der Waals surface area contributed by atoms with Gasteiger partial charge in [0.1, 0.15) is 0 Å². The Morgan fingerprint density at radius 3 is 2.50 bits per heavy atom. The van der Waals surface area contributed by atoms with Crippen molar-refractivity contribution >= 4 is 16.2 Å². The number of hydrogen-bond acceptors (Lipinski definition) is 3. The smallest absolute Gasteiger partial charge is 0.304 e. The fourth-order valence-corrected chi connectivity index (χ4v) is 3.91. The van der Waals surface area contributed by atoms with Gasteiger partial charge in [-0.15, -0.1) is 0 Å². The lowest BCUT2D eigenvalue weighted by Gasteiger charge is -2.33. The number of nitrogens with zero attached hydrogens (tertiary/aromatic N) is 2. The molecule has 0 radical (unpaired) electrons. The summed E-state index contributed by atoms with van der Waals surface area (Å²) in [4.78, 5) is 10.4. The lowest BCUT2D eigenvalue weighted by molar-refractivity contribution is -0.137. The highest BCUT2D eigenvalue weighted by Crippen LogP contribution is 2.30. The fourth-order valence-electron chi connectivity index (χ4n) is 2.08. The second-order valence-electron chi connectivity index (χ2n) is 4.25. The molecule has 0 bridgehead atoms. The van der Waals surface area contributed by atoms with Crippen molar-refractivity contribution < 1.29 is 18.3 Å². The molecule has 1 aliphatic heterocycles. The van der Waals surface area contributed by atoms with E-state index in [0.29, 0.717) is 13.1 Å². The van der Waals surface area contributed by atoms with Crippen LogP contribution in [0.4, 0.5) is 0 Å². The summed E-state index contributed by atoms with van der Waals surface area (Å²) < 4.78 is 26.8. The van der Waals surface area contributed by atoms with E-state index >= 15 is 0 Å². The van der Waals surface area contributed by atoms with Gasteiger partial charge in [0.05, 0.1) is 6.42 Å². The summed E-state index contributed by atoms with van der Waals surface area (Å²) in [6.45, 7) is 1.01. The summed E-state index contributed by atoms with van der Waals surface area (Å²) in [7, 11) is -3.38. The Hall–Kier alpha value is -0.660. The first-order chi connectivity index (χ1) is 7.51. The second kappa shape index (κ2) is 4.31. The molecule has 0 aromatic rings. The highest BCUT2D eigenvalue weighted by atomic mass is 32.2. The fraction of sp³-hybridized carbons (Fsp3) is 0.889. The average molecular weight is 248 g/mol. The van der Waals surface area contributed by atoms with Crippen LogP contribution in [0.1, 0.15) is 25.7 Å². The van der Waals surface area contributed by atoms with Gasteiger partial charge in [-0.05, 0) is 12.8 Å². The van der Waals surface area contributed by atoms with Crippen molar-refractivity contribution in [3.05, 3.63) is 0 Å². The van der Waals surface area contributed by atoms with Crippen LogP contribution in [-0.4, -0.2) is 53.8 Å². The van der Waals surface area contributed by atoms with Crippen LogP contribution in [0.5, 0.6) is 0 Å². The number of hydrogen-bond donors (Lipinski definition) is 1. The van der Waals surface area contributed by atoms with Gasteiger partial charge >= 0.3 is 5.97 Å². The van der Waals surface area contributed by atoms with Crippen molar-refractivity contribution in [1.82, 2.24) is 8.61 Å². The second-order valence-corrected chi connectivity index (χ2v) is 6.13. The van der Waals surface area contributed by atoms with E-state index in [0.717, 1.165) is 19.3 Å². The maximum absolute atomic E-state index is 12.0. The minimum absolute atomic E-state index is 0.0842. The quantitative estimate of drug-likeness (QED) is 0.752. The third-order valence-electron chi connectivity index (χ3n) is 3.25. The topological polar surface area (TPSA) is 77.9 Å². The molecule has 1 aliphatic carbocycles. The molecule has 0 unspecified atom stereocenters. The molecule has 2 rings (SSSR count). The van der Waals surface area contributed by atoms with E-state index in [1.807, 2.05) is 0 Å². The Bertz CT molecular complexity index is 377. The Morgan fingerprint density at radius 1 is 1.31 bits per heavy atom. The molecule has 1 saturated heterocycles. The summed E-state index contributed by atoms with van der Waals surface area (Å²) in [6, 6.07) is 0.153. The highest BCUT2D eigenvalue weighted by Gasteiger charge is 2.42. The Kier molecular flexibility index (Phi) is 3.18. The minimum Gasteiger partial charge on any atom is -0.481 e. The van der Waals surface area contributed by atoms with Gasteiger partial charge in [0.2, 0.25) is 0 Å². The van der Waals surface area contributed by atoms with Gasteiger partial charge in [-0.1, -0.05) is 6.42 Å². The molecule has 0 amide bonds. The van der Waals surface area contributed by atoms with Crippen LogP contribution in [0.3, 0.4) is 0 Å². The molecule has 7 heteroatoms. The molecule has 0 aromatic heterocycles. The van der Waals surface area contributed by atoms with Crippen LogP contribution in [-0.2, 0) is 15.0 Å². The maximum Gasteiger partial charge on any atom is 0.304 e. The largest absolute Gasteiger partial charge is 0.481 e. The van der Waals surface area contributed by atoms with E-state index in [4.69, 9.17) is 5.11 Å². The number of carbonyl (C=O) groups is 1. The first-order valence-electron chi connectivity index (χ1n) is 5.50. The van der Waals surface area contributed by atoms with E-state index < -0.39 is 16.2 Å². The van der Waals surface area contributed by atoms with Crippen molar-refractivity contribution in [2.45, 2.75) is 31.7 Å². The van der Waals surface area contributed by atoms with E-state index in [-0.39, 0.29) is 19.0 Å². The predicted molar refractivity (Wildman–Crippen MR) is 57.1 cm³/mol. The maximum atomic E-state index is 12.0. The normalized spacial score (nSPS) is 26.8. The molecule has 16 heavy (non-hydrogen) atoms. The molecule has 1 N–H and O–H groups in total. The minimum atomic E-state index is -3.38. The van der Waals surface area contributed by atoms with Crippen LogP contribution in [0, 0.1) is 0 Å². The zero-order chi connectivity index (χ0) is 11.8. The third-order valence-corrected chi connectivity index (χ3v) is 5.34. The van der Waals surface area contributed by atoms with Gasteiger partial charge in [0, 0.05) is 25.7 Å². The monoisotopic (exact) mass is 248 g/mol. The zero-order valence-electron chi connectivity index (χ0n) is 9.00. The van der Waals surface area contributed by atoms with Gasteiger partial charge in [-0.2, -0.15) is 17.0 Å².